The Kier molecular flexibility index (Phi) is 8.27. The third-order valence-electron chi connectivity index (χ3n) is 6.44. The number of halogens is 1. The number of esters is 1. The van der Waals surface area contributed by atoms with E-state index < -0.39 is 17.4 Å². The summed E-state index contributed by atoms with van der Waals surface area (Å²) in [6, 6.07) is 10.3. The van der Waals surface area contributed by atoms with Crippen molar-refractivity contribution in [3.8, 4) is 0 Å². The molecule has 3 aromatic rings. The highest BCUT2D eigenvalue weighted by molar-refractivity contribution is 5.98. The summed E-state index contributed by atoms with van der Waals surface area (Å²) in [5, 5.41) is 5.71. The van der Waals surface area contributed by atoms with E-state index in [0.29, 0.717) is 24.0 Å². The van der Waals surface area contributed by atoms with Crippen LogP contribution in [0.25, 0.3) is 6.08 Å². The van der Waals surface area contributed by atoms with Gasteiger partial charge in [0.2, 0.25) is 0 Å². The molecule has 0 aliphatic heterocycles. The van der Waals surface area contributed by atoms with E-state index in [9.17, 15) is 18.8 Å². The van der Waals surface area contributed by atoms with Gasteiger partial charge in [-0.2, -0.15) is 0 Å². The van der Waals surface area contributed by atoms with Crippen LogP contribution in [-0.4, -0.2) is 33.4 Å². The largest absolute Gasteiger partial charge is 0.456 e. The maximum atomic E-state index is 13.3. The molecular formula is C30H32FN5O4. The lowest BCUT2D eigenvalue weighted by atomic mass is 9.97. The van der Waals surface area contributed by atoms with Crippen molar-refractivity contribution in [2.75, 3.05) is 0 Å². The van der Waals surface area contributed by atoms with Crippen LogP contribution in [-0.2, 0) is 17.7 Å². The first-order valence-electron chi connectivity index (χ1n) is 12.9. The topological polar surface area (TPSA) is 136 Å². The molecule has 40 heavy (non-hydrogen) atoms. The second-order valence-electron chi connectivity index (χ2n) is 10.5. The quantitative estimate of drug-likeness (QED) is 0.379. The zero-order chi connectivity index (χ0) is 29.0. The number of ether oxygens (including phenoxy) is 1. The third kappa shape index (κ3) is 6.69. The molecule has 0 bridgehead atoms. The van der Waals surface area contributed by atoms with Gasteiger partial charge in [0.1, 0.15) is 22.8 Å². The highest BCUT2D eigenvalue weighted by Crippen LogP contribution is 2.35. The molecule has 208 valence electrons. The summed E-state index contributed by atoms with van der Waals surface area (Å²) in [6.07, 6.45) is 3.94. The van der Waals surface area contributed by atoms with E-state index in [1.807, 2.05) is 33.8 Å². The van der Waals surface area contributed by atoms with Crippen LogP contribution in [0, 0.1) is 12.7 Å². The lowest BCUT2D eigenvalue weighted by molar-refractivity contribution is 0.00683. The summed E-state index contributed by atoms with van der Waals surface area (Å²) in [7, 11) is 0. The Morgan fingerprint density at radius 2 is 1.75 bits per heavy atom. The van der Waals surface area contributed by atoms with Crippen molar-refractivity contribution in [3.63, 3.8) is 0 Å². The number of hydrogen-bond donors (Lipinski definition) is 3. The number of aromatic nitrogens is 2. The first-order chi connectivity index (χ1) is 18.9. The number of carbonyl (C=O) groups excluding carboxylic acids is 3. The highest BCUT2D eigenvalue weighted by Gasteiger charge is 2.29. The van der Waals surface area contributed by atoms with Crippen LogP contribution in [0.15, 0.2) is 48.7 Å². The lowest BCUT2D eigenvalue weighted by Crippen LogP contribution is -2.30. The molecule has 0 unspecified atom stereocenters. The summed E-state index contributed by atoms with van der Waals surface area (Å²) in [5.41, 5.74) is 8.86. The molecule has 2 amide bonds. The fourth-order valence-corrected chi connectivity index (χ4v) is 4.55. The van der Waals surface area contributed by atoms with Crippen LogP contribution in [0.4, 0.5) is 4.39 Å². The molecule has 0 spiro atoms. The molecule has 0 radical (unpaired) electrons. The molecule has 9 nitrogen and oxygen atoms in total. The van der Waals surface area contributed by atoms with E-state index in [1.165, 1.54) is 30.5 Å². The fourth-order valence-electron chi connectivity index (χ4n) is 4.55. The maximum absolute atomic E-state index is 13.3. The monoisotopic (exact) mass is 545 g/mol. The number of fused-ring (bicyclic) bond motifs is 1. The molecule has 1 heterocycles. The van der Waals surface area contributed by atoms with Crippen molar-refractivity contribution in [2.45, 2.75) is 58.7 Å². The average molecular weight is 546 g/mol. The average Bonchev–Trinajstić information content (AvgIpc) is 3.30. The van der Waals surface area contributed by atoms with Gasteiger partial charge in [0, 0.05) is 12.6 Å². The minimum Gasteiger partial charge on any atom is -0.456 e. The summed E-state index contributed by atoms with van der Waals surface area (Å²) >= 11 is 0. The van der Waals surface area contributed by atoms with E-state index in [1.54, 1.807) is 18.2 Å². The van der Waals surface area contributed by atoms with Crippen LogP contribution in [0.3, 0.4) is 0 Å². The van der Waals surface area contributed by atoms with Crippen molar-refractivity contribution in [3.05, 3.63) is 99.5 Å². The fraction of sp³-hybridized carbons (Fsp3) is 0.300. The molecule has 10 heteroatoms. The molecule has 0 saturated heterocycles. The predicted molar refractivity (Wildman–Crippen MR) is 148 cm³/mol. The minimum atomic E-state index is -0.606. The van der Waals surface area contributed by atoms with Gasteiger partial charge in [-0.1, -0.05) is 18.2 Å². The van der Waals surface area contributed by atoms with E-state index in [2.05, 4.69) is 20.6 Å². The number of carbonyl (C=O) groups is 3. The second-order valence-corrected chi connectivity index (χ2v) is 10.5. The number of hydrogen-bond acceptors (Lipinski definition) is 7. The van der Waals surface area contributed by atoms with Gasteiger partial charge in [-0.15, -0.1) is 0 Å². The van der Waals surface area contributed by atoms with Gasteiger partial charge in [-0.05, 0) is 93.3 Å². The van der Waals surface area contributed by atoms with Gasteiger partial charge in [-0.25, -0.2) is 19.2 Å². The summed E-state index contributed by atoms with van der Waals surface area (Å²) in [5.74, 6) is -1.65. The normalized spacial score (nSPS) is 14.6. The lowest BCUT2D eigenvalue weighted by Gasteiger charge is -2.21. The first kappa shape index (κ1) is 28.4. The number of benzene rings is 2. The Morgan fingerprint density at radius 1 is 1.07 bits per heavy atom. The third-order valence-corrected chi connectivity index (χ3v) is 6.44. The van der Waals surface area contributed by atoms with Gasteiger partial charge in [-0.3, -0.25) is 9.59 Å². The van der Waals surface area contributed by atoms with Crippen molar-refractivity contribution < 1.29 is 23.5 Å². The van der Waals surface area contributed by atoms with E-state index in [-0.39, 0.29) is 41.6 Å². The second kappa shape index (κ2) is 11.6. The van der Waals surface area contributed by atoms with Gasteiger partial charge in [0.15, 0.2) is 5.82 Å². The molecular weight excluding hydrogens is 513 g/mol. The molecule has 1 aliphatic rings. The van der Waals surface area contributed by atoms with Crippen LogP contribution < -0.4 is 16.4 Å². The van der Waals surface area contributed by atoms with Gasteiger partial charge in [0.25, 0.3) is 11.8 Å². The molecule has 2 aromatic carbocycles. The van der Waals surface area contributed by atoms with Crippen LogP contribution >= 0.6 is 0 Å². The van der Waals surface area contributed by atoms with E-state index >= 15 is 0 Å². The van der Waals surface area contributed by atoms with Crippen molar-refractivity contribution in [2.24, 2.45) is 5.73 Å². The van der Waals surface area contributed by atoms with Gasteiger partial charge in [0.05, 0.1) is 11.6 Å². The predicted octanol–water partition coefficient (Wildman–Crippen LogP) is 4.16. The summed E-state index contributed by atoms with van der Waals surface area (Å²) < 4.78 is 18.7. The number of rotatable bonds is 7. The standard InChI is InChI=1S/C30H32FN5O4/c1-17-20-11-12-23(22(20)10-9-21(17)29(39)40-30(2,3)4)36-28(38)25-15-24(34-26(35-25)13-14-32)27(37)33-16-18-5-7-19(31)8-6-18/h5-10,13-15,23H,11-12,16,32H2,1-4H3,(H,33,37)(H,36,38)/t23-/m0/s1. The zero-order valence-corrected chi connectivity index (χ0v) is 22.9. The number of nitrogens with zero attached hydrogens (tertiary/aromatic N) is 2. The summed E-state index contributed by atoms with van der Waals surface area (Å²) in [6.45, 7) is 7.50. The molecule has 1 atom stereocenters. The van der Waals surface area contributed by atoms with Gasteiger partial charge < -0.3 is 21.1 Å². The zero-order valence-electron chi connectivity index (χ0n) is 22.9. The first-order valence-corrected chi connectivity index (χ1v) is 12.9. The number of nitrogens with one attached hydrogen (secondary N) is 2. The van der Waals surface area contributed by atoms with E-state index in [0.717, 1.165) is 16.7 Å². The molecule has 0 fully saturated rings. The van der Waals surface area contributed by atoms with Crippen molar-refractivity contribution in [1.29, 1.82) is 0 Å². The van der Waals surface area contributed by atoms with Crippen LogP contribution in [0.5, 0.6) is 0 Å². The number of amides is 2. The Bertz CT molecular complexity index is 1480. The Labute approximate surface area is 232 Å². The maximum Gasteiger partial charge on any atom is 0.338 e. The Balaban J connectivity index is 1.51. The molecule has 4 rings (SSSR count). The summed E-state index contributed by atoms with van der Waals surface area (Å²) in [4.78, 5) is 47.2. The Hall–Kier alpha value is -4.60. The SMILES string of the molecule is Cc1c(C(=O)OC(C)(C)C)ccc2c1CC[C@@H]2NC(=O)c1cc(C(=O)NCc2ccc(F)cc2)nc(C=CN)n1. The molecule has 1 aromatic heterocycles. The molecule has 0 saturated carbocycles. The highest BCUT2D eigenvalue weighted by atomic mass is 19.1. The van der Waals surface area contributed by atoms with E-state index in [4.69, 9.17) is 10.5 Å². The van der Waals surface area contributed by atoms with Crippen LogP contribution in [0.2, 0.25) is 0 Å². The van der Waals surface area contributed by atoms with Crippen molar-refractivity contribution in [1.82, 2.24) is 20.6 Å². The number of nitrogens with two attached hydrogens (primary N) is 1. The Morgan fingerprint density at radius 3 is 2.40 bits per heavy atom. The molecule has 4 N–H and O–H groups in total. The smallest absolute Gasteiger partial charge is 0.338 e. The van der Waals surface area contributed by atoms with Crippen LogP contribution in [0.1, 0.15) is 92.6 Å². The van der Waals surface area contributed by atoms with Gasteiger partial charge >= 0.3 is 5.97 Å². The van der Waals surface area contributed by atoms with Crippen molar-refractivity contribution >= 4 is 23.9 Å². The molecule has 1 aliphatic carbocycles. The minimum absolute atomic E-state index is 0.00517.